The lowest BCUT2D eigenvalue weighted by atomic mass is 9.91. The third-order valence-electron chi connectivity index (χ3n) is 4.04. The smallest absolute Gasteiger partial charge is 0.316 e. The number of anilines is 2. The molecule has 2 unspecified atom stereocenters. The minimum atomic E-state index is -0.365. The van der Waals surface area contributed by atoms with Gasteiger partial charge in [-0.2, -0.15) is 0 Å². The molecule has 0 radical (unpaired) electrons. The lowest BCUT2D eigenvalue weighted by molar-refractivity contribution is -0.383. The van der Waals surface area contributed by atoms with Crippen LogP contribution in [0.2, 0.25) is 0 Å². The molecule has 1 saturated heterocycles. The van der Waals surface area contributed by atoms with E-state index in [-0.39, 0.29) is 10.6 Å². The predicted octanol–water partition coefficient (Wildman–Crippen LogP) is 2.51. The number of benzene rings is 1. The monoisotopic (exact) mass is 264 g/mol. The summed E-state index contributed by atoms with van der Waals surface area (Å²) in [6, 6.07) is 5.51. The topological polar surface area (TPSA) is 84.4 Å². The molecule has 0 saturated carbocycles. The van der Waals surface area contributed by atoms with Crippen molar-refractivity contribution in [2.24, 2.45) is 11.8 Å². The first kappa shape index (κ1) is 13.6. The van der Waals surface area contributed by atoms with Gasteiger partial charge >= 0.3 is 5.69 Å². The van der Waals surface area contributed by atoms with Gasteiger partial charge in [0.2, 0.25) is 0 Å². The van der Waals surface area contributed by atoms with Crippen molar-refractivity contribution in [3.8, 4) is 0 Å². The molecule has 2 atom stereocenters. The minimum Gasteiger partial charge on any atom is -0.363 e. The first-order valence-corrected chi connectivity index (χ1v) is 6.57. The molecule has 104 valence electrons. The van der Waals surface area contributed by atoms with Crippen molar-refractivity contribution >= 4 is 17.1 Å². The number of nitro groups is 1. The Hall–Kier alpha value is -1.82. The van der Waals surface area contributed by atoms with Crippen molar-refractivity contribution < 1.29 is 4.92 Å². The molecule has 0 bridgehead atoms. The number of rotatable bonds is 3. The zero-order valence-corrected chi connectivity index (χ0v) is 11.3. The van der Waals surface area contributed by atoms with Gasteiger partial charge in [0.05, 0.1) is 4.92 Å². The SMILES string of the molecule is CC1CCCN(c2cccc(NN)c2[N+](=O)[O-])C1C. The van der Waals surface area contributed by atoms with Gasteiger partial charge in [0.15, 0.2) is 0 Å². The second-order valence-corrected chi connectivity index (χ2v) is 5.13. The fourth-order valence-corrected chi connectivity index (χ4v) is 2.75. The average Bonchev–Trinajstić information content (AvgIpc) is 2.40. The molecular weight excluding hydrogens is 244 g/mol. The molecule has 1 aromatic rings. The van der Waals surface area contributed by atoms with E-state index >= 15 is 0 Å². The maximum atomic E-state index is 11.3. The van der Waals surface area contributed by atoms with Crippen molar-refractivity contribution in [3.05, 3.63) is 28.3 Å². The van der Waals surface area contributed by atoms with Crippen molar-refractivity contribution in [3.63, 3.8) is 0 Å². The quantitative estimate of drug-likeness (QED) is 0.498. The molecule has 1 heterocycles. The van der Waals surface area contributed by atoms with Crippen LogP contribution >= 0.6 is 0 Å². The second kappa shape index (κ2) is 5.44. The second-order valence-electron chi connectivity index (χ2n) is 5.13. The Morgan fingerprint density at radius 2 is 2.21 bits per heavy atom. The molecule has 2 rings (SSSR count). The van der Waals surface area contributed by atoms with Crippen molar-refractivity contribution in [2.75, 3.05) is 16.9 Å². The average molecular weight is 264 g/mol. The summed E-state index contributed by atoms with van der Waals surface area (Å²) in [5, 5.41) is 11.3. The van der Waals surface area contributed by atoms with Crippen LogP contribution in [-0.4, -0.2) is 17.5 Å². The molecular formula is C13H20N4O2. The van der Waals surface area contributed by atoms with Crippen LogP contribution in [0.15, 0.2) is 18.2 Å². The molecule has 6 heteroatoms. The van der Waals surface area contributed by atoms with Gasteiger partial charge in [0.1, 0.15) is 11.4 Å². The number of nitrogens with one attached hydrogen (secondary N) is 1. The number of nitrogens with two attached hydrogens (primary N) is 1. The highest BCUT2D eigenvalue weighted by Crippen LogP contribution is 2.38. The lowest BCUT2D eigenvalue weighted by Crippen LogP contribution is -2.42. The summed E-state index contributed by atoms with van der Waals surface area (Å²) in [5.41, 5.74) is 3.48. The van der Waals surface area contributed by atoms with E-state index in [1.807, 2.05) is 0 Å². The van der Waals surface area contributed by atoms with E-state index in [0.717, 1.165) is 13.0 Å². The van der Waals surface area contributed by atoms with Crippen LogP contribution in [0.1, 0.15) is 26.7 Å². The molecule has 0 aliphatic carbocycles. The van der Waals surface area contributed by atoms with Gasteiger partial charge in [-0.05, 0) is 37.8 Å². The van der Waals surface area contributed by atoms with Gasteiger partial charge in [-0.25, -0.2) is 0 Å². The van der Waals surface area contributed by atoms with Gasteiger partial charge < -0.3 is 10.3 Å². The van der Waals surface area contributed by atoms with Crippen LogP contribution in [0.4, 0.5) is 17.1 Å². The fraction of sp³-hybridized carbons (Fsp3) is 0.538. The third kappa shape index (κ3) is 2.49. The Balaban J connectivity index is 2.46. The summed E-state index contributed by atoms with van der Waals surface area (Å²) >= 11 is 0. The summed E-state index contributed by atoms with van der Waals surface area (Å²) in [6.45, 7) is 5.16. The first-order chi connectivity index (χ1) is 9.06. The summed E-state index contributed by atoms with van der Waals surface area (Å²) in [6.07, 6.45) is 2.23. The van der Waals surface area contributed by atoms with Crippen LogP contribution in [0, 0.1) is 16.0 Å². The third-order valence-corrected chi connectivity index (χ3v) is 4.04. The van der Waals surface area contributed by atoms with Gasteiger partial charge in [0.25, 0.3) is 0 Å². The van der Waals surface area contributed by atoms with Crippen LogP contribution in [-0.2, 0) is 0 Å². The minimum absolute atomic E-state index is 0.0611. The van der Waals surface area contributed by atoms with E-state index in [1.165, 1.54) is 6.42 Å². The number of hydrogen-bond acceptors (Lipinski definition) is 5. The first-order valence-electron chi connectivity index (χ1n) is 6.57. The van der Waals surface area contributed by atoms with Gasteiger partial charge in [0, 0.05) is 12.6 Å². The molecule has 1 fully saturated rings. The number of nitrogens with zero attached hydrogens (tertiary/aromatic N) is 2. The Bertz CT molecular complexity index is 478. The fourth-order valence-electron chi connectivity index (χ4n) is 2.75. The molecule has 19 heavy (non-hydrogen) atoms. The Labute approximate surface area is 112 Å². The van der Waals surface area contributed by atoms with Gasteiger partial charge in [-0.3, -0.25) is 16.0 Å². The normalized spacial score (nSPS) is 23.2. The number of para-hydroxylation sites is 1. The number of hydrogen-bond donors (Lipinski definition) is 2. The molecule has 1 aliphatic rings. The summed E-state index contributed by atoms with van der Waals surface area (Å²) in [4.78, 5) is 13.1. The summed E-state index contributed by atoms with van der Waals surface area (Å²) in [7, 11) is 0. The Morgan fingerprint density at radius 3 is 2.84 bits per heavy atom. The summed E-state index contributed by atoms with van der Waals surface area (Å²) < 4.78 is 0. The number of nitro benzene ring substituents is 1. The zero-order chi connectivity index (χ0) is 14.0. The summed E-state index contributed by atoms with van der Waals surface area (Å²) in [5.74, 6) is 5.91. The Morgan fingerprint density at radius 1 is 1.47 bits per heavy atom. The van der Waals surface area contributed by atoms with Crippen LogP contribution < -0.4 is 16.2 Å². The highest BCUT2D eigenvalue weighted by atomic mass is 16.6. The van der Waals surface area contributed by atoms with Crippen LogP contribution in [0.25, 0.3) is 0 Å². The molecule has 1 aliphatic heterocycles. The Kier molecular flexibility index (Phi) is 3.90. The van der Waals surface area contributed by atoms with E-state index in [2.05, 4.69) is 24.2 Å². The van der Waals surface area contributed by atoms with Gasteiger partial charge in [-0.1, -0.05) is 13.0 Å². The van der Waals surface area contributed by atoms with E-state index in [1.54, 1.807) is 18.2 Å². The number of hydrazine groups is 1. The molecule has 0 aromatic heterocycles. The largest absolute Gasteiger partial charge is 0.363 e. The number of nitrogen functional groups attached to an aromatic ring is 1. The predicted molar refractivity (Wildman–Crippen MR) is 76.1 cm³/mol. The zero-order valence-electron chi connectivity index (χ0n) is 11.3. The standard InChI is InChI=1S/C13H20N4O2/c1-9-5-4-8-16(10(9)2)12-7-3-6-11(15-14)13(12)17(18)19/h3,6-7,9-10,15H,4-5,8,14H2,1-2H3. The molecule has 1 aromatic carbocycles. The molecule has 0 spiro atoms. The van der Waals surface area contributed by atoms with Crippen LogP contribution in [0.5, 0.6) is 0 Å². The molecule has 6 nitrogen and oxygen atoms in total. The maximum absolute atomic E-state index is 11.3. The van der Waals surface area contributed by atoms with E-state index in [0.29, 0.717) is 23.3 Å². The van der Waals surface area contributed by atoms with E-state index in [9.17, 15) is 10.1 Å². The molecule has 3 N–H and O–H groups in total. The van der Waals surface area contributed by atoms with Crippen molar-refractivity contribution in [1.29, 1.82) is 0 Å². The van der Waals surface area contributed by atoms with Crippen LogP contribution in [0.3, 0.4) is 0 Å². The lowest BCUT2D eigenvalue weighted by Gasteiger charge is -2.39. The maximum Gasteiger partial charge on any atom is 0.316 e. The van der Waals surface area contributed by atoms with E-state index < -0.39 is 0 Å². The van der Waals surface area contributed by atoms with Gasteiger partial charge in [-0.15, -0.1) is 0 Å². The molecule has 0 amide bonds. The van der Waals surface area contributed by atoms with Crippen molar-refractivity contribution in [2.45, 2.75) is 32.7 Å². The van der Waals surface area contributed by atoms with Crippen molar-refractivity contribution in [1.82, 2.24) is 0 Å². The van der Waals surface area contributed by atoms with E-state index in [4.69, 9.17) is 5.84 Å². The highest BCUT2D eigenvalue weighted by Gasteiger charge is 2.30. The highest BCUT2D eigenvalue weighted by molar-refractivity contribution is 5.77. The number of piperidine rings is 1.